The summed E-state index contributed by atoms with van der Waals surface area (Å²) in [5, 5.41) is 3.49. The predicted octanol–water partition coefficient (Wildman–Crippen LogP) is 6.55. The van der Waals surface area contributed by atoms with Gasteiger partial charge in [0.2, 0.25) is 0 Å². The van der Waals surface area contributed by atoms with E-state index in [1.165, 1.54) is 24.3 Å². The number of benzene rings is 3. The third-order valence-electron chi connectivity index (χ3n) is 4.85. The molecule has 172 valence electrons. The second kappa shape index (κ2) is 10.1. The van der Waals surface area contributed by atoms with Gasteiger partial charge < -0.3 is 4.74 Å². The molecular formula is C24H14Cl4N2O4. The highest BCUT2D eigenvalue weighted by Crippen LogP contribution is 2.31. The van der Waals surface area contributed by atoms with Crippen LogP contribution >= 0.6 is 46.4 Å². The molecule has 0 aromatic heterocycles. The zero-order valence-corrected chi connectivity index (χ0v) is 20.2. The van der Waals surface area contributed by atoms with Crippen LogP contribution in [0.25, 0.3) is 6.08 Å². The van der Waals surface area contributed by atoms with Gasteiger partial charge >= 0.3 is 6.03 Å². The number of nitrogens with zero attached hydrogens (tertiary/aromatic N) is 1. The van der Waals surface area contributed by atoms with Crippen molar-refractivity contribution in [3.63, 3.8) is 0 Å². The van der Waals surface area contributed by atoms with Gasteiger partial charge in [-0.1, -0.05) is 64.6 Å². The van der Waals surface area contributed by atoms with Crippen LogP contribution in [0.4, 0.5) is 10.5 Å². The molecule has 0 bridgehead atoms. The van der Waals surface area contributed by atoms with E-state index >= 15 is 0 Å². The number of carbonyl (C=O) groups excluding carboxylic acids is 3. The Balaban J connectivity index is 1.68. The van der Waals surface area contributed by atoms with E-state index in [2.05, 4.69) is 5.32 Å². The Morgan fingerprint density at radius 2 is 1.62 bits per heavy atom. The molecule has 1 fully saturated rings. The van der Waals surface area contributed by atoms with E-state index in [0.29, 0.717) is 26.4 Å². The molecule has 1 N–H and O–H groups in total. The van der Waals surface area contributed by atoms with Crippen LogP contribution in [-0.4, -0.2) is 17.8 Å². The summed E-state index contributed by atoms with van der Waals surface area (Å²) in [4.78, 5) is 38.9. The third kappa shape index (κ3) is 5.05. The van der Waals surface area contributed by atoms with Crippen LogP contribution in [0, 0.1) is 0 Å². The van der Waals surface area contributed by atoms with E-state index in [0.717, 1.165) is 10.5 Å². The smallest absolute Gasteiger partial charge is 0.335 e. The third-order valence-corrected chi connectivity index (χ3v) is 6.14. The standard InChI is InChI=1S/C24H14Cl4N2O4/c25-15-6-8-21(34-12-13-5-7-17(26)19(28)9-13)14(10-15)11-16-22(31)29-24(33)30(23(16)32)20-4-2-1-3-18(20)27/h1-11H,12H2,(H,29,31,33)/b16-11+. The predicted molar refractivity (Wildman–Crippen MR) is 133 cm³/mol. The summed E-state index contributed by atoms with van der Waals surface area (Å²) in [6, 6.07) is 15.2. The first-order chi connectivity index (χ1) is 16.2. The van der Waals surface area contributed by atoms with Gasteiger partial charge in [0.25, 0.3) is 11.8 Å². The van der Waals surface area contributed by atoms with Gasteiger partial charge in [-0.2, -0.15) is 0 Å². The van der Waals surface area contributed by atoms with Gasteiger partial charge in [-0.25, -0.2) is 9.69 Å². The second-order valence-corrected chi connectivity index (χ2v) is 8.79. The van der Waals surface area contributed by atoms with Gasteiger partial charge in [0.05, 0.1) is 20.8 Å². The summed E-state index contributed by atoms with van der Waals surface area (Å²) in [7, 11) is 0. The molecule has 0 aliphatic carbocycles. The molecule has 4 rings (SSSR count). The van der Waals surface area contributed by atoms with Crippen LogP contribution in [0.15, 0.2) is 66.2 Å². The highest BCUT2D eigenvalue weighted by Gasteiger charge is 2.37. The maximum atomic E-state index is 13.2. The van der Waals surface area contributed by atoms with E-state index in [1.54, 1.807) is 42.5 Å². The summed E-state index contributed by atoms with van der Waals surface area (Å²) in [6.45, 7) is 0.138. The monoisotopic (exact) mass is 534 g/mol. The molecule has 0 spiro atoms. The molecule has 0 radical (unpaired) electrons. The number of para-hydroxylation sites is 1. The lowest BCUT2D eigenvalue weighted by Gasteiger charge is -2.27. The quantitative estimate of drug-likeness (QED) is 0.297. The van der Waals surface area contributed by atoms with Gasteiger partial charge in [0.15, 0.2) is 0 Å². The van der Waals surface area contributed by atoms with Crippen LogP contribution in [-0.2, 0) is 16.2 Å². The van der Waals surface area contributed by atoms with E-state index < -0.39 is 17.8 Å². The van der Waals surface area contributed by atoms with Gasteiger partial charge in [-0.05, 0) is 54.1 Å². The average Bonchev–Trinajstić information content (AvgIpc) is 2.79. The van der Waals surface area contributed by atoms with E-state index in [9.17, 15) is 14.4 Å². The summed E-state index contributed by atoms with van der Waals surface area (Å²) in [6.07, 6.45) is 1.31. The number of rotatable bonds is 5. The Kier molecular flexibility index (Phi) is 7.14. The van der Waals surface area contributed by atoms with Crippen molar-refractivity contribution in [1.29, 1.82) is 0 Å². The van der Waals surface area contributed by atoms with E-state index in [4.69, 9.17) is 51.1 Å². The lowest BCUT2D eigenvalue weighted by molar-refractivity contribution is -0.122. The number of nitrogens with one attached hydrogen (secondary N) is 1. The van der Waals surface area contributed by atoms with Crippen LogP contribution in [0.2, 0.25) is 20.1 Å². The molecule has 1 aliphatic heterocycles. The number of hydrogen-bond acceptors (Lipinski definition) is 4. The van der Waals surface area contributed by atoms with Crippen molar-refractivity contribution in [3.05, 3.63) is 97.5 Å². The highest BCUT2D eigenvalue weighted by atomic mass is 35.5. The Morgan fingerprint density at radius 1 is 0.853 bits per heavy atom. The average molecular weight is 536 g/mol. The fourth-order valence-corrected chi connectivity index (χ4v) is 3.94. The molecule has 3 aromatic rings. The van der Waals surface area contributed by atoms with Crippen LogP contribution < -0.4 is 15.0 Å². The molecule has 10 heteroatoms. The van der Waals surface area contributed by atoms with Crippen LogP contribution in [0.1, 0.15) is 11.1 Å². The fraction of sp³-hybridized carbons (Fsp3) is 0.0417. The summed E-state index contributed by atoms with van der Waals surface area (Å²) < 4.78 is 5.89. The van der Waals surface area contributed by atoms with Crippen molar-refractivity contribution >= 4 is 76.0 Å². The molecule has 1 saturated heterocycles. The molecule has 4 amide bonds. The number of ether oxygens (including phenoxy) is 1. The van der Waals surface area contributed by atoms with Gasteiger partial charge in [0.1, 0.15) is 17.9 Å². The van der Waals surface area contributed by atoms with Crippen LogP contribution in [0.3, 0.4) is 0 Å². The molecule has 0 atom stereocenters. The zero-order valence-electron chi connectivity index (χ0n) is 17.2. The molecule has 0 saturated carbocycles. The van der Waals surface area contributed by atoms with Gasteiger partial charge in [-0.3, -0.25) is 14.9 Å². The Hall–Kier alpha value is -3.03. The van der Waals surface area contributed by atoms with Crippen molar-refractivity contribution in [2.45, 2.75) is 6.61 Å². The molecule has 0 unspecified atom stereocenters. The fourth-order valence-electron chi connectivity index (χ4n) is 3.22. The highest BCUT2D eigenvalue weighted by molar-refractivity contribution is 6.42. The lowest BCUT2D eigenvalue weighted by atomic mass is 10.1. The van der Waals surface area contributed by atoms with Crippen molar-refractivity contribution in [2.24, 2.45) is 0 Å². The van der Waals surface area contributed by atoms with E-state index in [1.807, 2.05) is 0 Å². The number of barbiturate groups is 1. The van der Waals surface area contributed by atoms with Crippen molar-refractivity contribution in [3.8, 4) is 5.75 Å². The van der Waals surface area contributed by atoms with E-state index in [-0.39, 0.29) is 22.9 Å². The van der Waals surface area contributed by atoms with Crippen molar-refractivity contribution in [2.75, 3.05) is 4.90 Å². The van der Waals surface area contributed by atoms with Crippen molar-refractivity contribution in [1.82, 2.24) is 5.32 Å². The van der Waals surface area contributed by atoms with Crippen LogP contribution in [0.5, 0.6) is 5.75 Å². The molecule has 34 heavy (non-hydrogen) atoms. The number of amides is 4. The minimum atomic E-state index is -0.901. The number of urea groups is 1. The zero-order chi connectivity index (χ0) is 24.4. The summed E-state index contributed by atoms with van der Waals surface area (Å²) >= 11 is 24.3. The molecule has 1 heterocycles. The number of carbonyl (C=O) groups is 3. The second-order valence-electron chi connectivity index (χ2n) is 7.13. The Labute approximate surface area is 214 Å². The minimum Gasteiger partial charge on any atom is -0.488 e. The molecule has 1 aliphatic rings. The largest absolute Gasteiger partial charge is 0.488 e. The number of anilines is 1. The van der Waals surface area contributed by atoms with Crippen molar-refractivity contribution < 1.29 is 19.1 Å². The first-order valence-electron chi connectivity index (χ1n) is 9.77. The maximum absolute atomic E-state index is 13.2. The minimum absolute atomic E-state index is 0.138. The molecule has 6 nitrogen and oxygen atoms in total. The summed E-state index contributed by atoms with van der Waals surface area (Å²) in [5.41, 5.74) is 0.970. The number of halogens is 4. The van der Waals surface area contributed by atoms with Gasteiger partial charge in [-0.15, -0.1) is 0 Å². The lowest BCUT2D eigenvalue weighted by Crippen LogP contribution is -2.54. The van der Waals surface area contributed by atoms with Gasteiger partial charge in [0, 0.05) is 10.6 Å². The first-order valence-corrected chi connectivity index (χ1v) is 11.3. The molecular weight excluding hydrogens is 522 g/mol. The SMILES string of the molecule is O=C1NC(=O)N(c2ccccc2Cl)C(=O)/C1=C/c1cc(Cl)ccc1OCc1ccc(Cl)c(Cl)c1. The Bertz CT molecular complexity index is 1360. The number of hydrogen-bond donors (Lipinski definition) is 1. The first kappa shape index (κ1) is 24.1. The Morgan fingerprint density at radius 3 is 2.35 bits per heavy atom. The maximum Gasteiger partial charge on any atom is 0.335 e. The summed E-state index contributed by atoms with van der Waals surface area (Å²) in [5.74, 6) is -1.34. The molecule has 3 aromatic carbocycles. The number of imide groups is 2. The normalized spacial score (nSPS) is 15.0. The topological polar surface area (TPSA) is 75.7 Å².